The van der Waals surface area contributed by atoms with Crippen LogP contribution in [0.15, 0.2) is 24.3 Å². The van der Waals surface area contributed by atoms with Gasteiger partial charge in [0.25, 0.3) is 0 Å². The second kappa shape index (κ2) is 11.0. The Hall–Kier alpha value is -1.63. The van der Waals surface area contributed by atoms with Gasteiger partial charge >= 0.3 is 0 Å². The number of para-hydroxylation sites is 1. The van der Waals surface area contributed by atoms with Crippen molar-refractivity contribution in [3.63, 3.8) is 0 Å². The summed E-state index contributed by atoms with van der Waals surface area (Å²) < 4.78 is 6.13. The molecule has 0 saturated carbocycles. The van der Waals surface area contributed by atoms with E-state index >= 15 is 0 Å². The third-order valence-electron chi connectivity index (χ3n) is 7.84. The molecule has 0 radical (unpaired) electrons. The SMILES string of the molecule is CN1CCN(CC(=O)N2CCC3(CCCCc4ccccc4OCCN(C)C3)CC2)CC1. The molecule has 178 valence electrons. The summed E-state index contributed by atoms with van der Waals surface area (Å²) in [5, 5.41) is 0. The van der Waals surface area contributed by atoms with Gasteiger partial charge < -0.3 is 19.4 Å². The predicted molar refractivity (Wildman–Crippen MR) is 129 cm³/mol. The Morgan fingerprint density at radius 2 is 1.66 bits per heavy atom. The Morgan fingerprint density at radius 3 is 2.44 bits per heavy atom. The minimum Gasteiger partial charge on any atom is -0.492 e. The Labute approximate surface area is 194 Å². The van der Waals surface area contributed by atoms with Crippen LogP contribution in [0.4, 0.5) is 0 Å². The number of likely N-dealkylation sites (N-methyl/N-ethyl adjacent to an activating group) is 2. The number of amides is 1. The number of hydrogen-bond acceptors (Lipinski definition) is 5. The molecule has 1 spiro atoms. The number of carbonyl (C=O) groups is 1. The normalized spacial score (nSPS) is 24.2. The van der Waals surface area contributed by atoms with E-state index in [-0.39, 0.29) is 0 Å². The lowest BCUT2D eigenvalue weighted by atomic mass is 9.73. The number of hydrogen-bond donors (Lipinski definition) is 0. The zero-order chi connectivity index (χ0) is 22.4. The first-order valence-corrected chi connectivity index (χ1v) is 12.6. The van der Waals surface area contributed by atoms with Crippen molar-refractivity contribution < 1.29 is 9.53 Å². The van der Waals surface area contributed by atoms with Crippen molar-refractivity contribution >= 4 is 5.91 Å². The molecule has 3 heterocycles. The van der Waals surface area contributed by atoms with E-state index in [2.05, 4.69) is 58.0 Å². The summed E-state index contributed by atoms with van der Waals surface area (Å²) in [6.07, 6.45) is 7.07. The van der Waals surface area contributed by atoms with Crippen LogP contribution in [0, 0.1) is 5.41 Å². The van der Waals surface area contributed by atoms with Crippen molar-refractivity contribution in [2.24, 2.45) is 5.41 Å². The summed E-state index contributed by atoms with van der Waals surface area (Å²) in [5.74, 6) is 1.39. The molecule has 3 aliphatic rings. The smallest absolute Gasteiger partial charge is 0.236 e. The molecule has 32 heavy (non-hydrogen) atoms. The number of benzene rings is 1. The van der Waals surface area contributed by atoms with Gasteiger partial charge in [-0.1, -0.05) is 24.6 Å². The summed E-state index contributed by atoms with van der Waals surface area (Å²) in [5.41, 5.74) is 1.67. The summed E-state index contributed by atoms with van der Waals surface area (Å²) >= 11 is 0. The van der Waals surface area contributed by atoms with Gasteiger partial charge in [-0.2, -0.15) is 0 Å². The fourth-order valence-corrected chi connectivity index (χ4v) is 5.64. The monoisotopic (exact) mass is 442 g/mol. The highest BCUT2D eigenvalue weighted by atomic mass is 16.5. The van der Waals surface area contributed by atoms with Crippen molar-refractivity contribution in [2.45, 2.75) is 38.5 Å². The van der Waals surface area contributed by atoms with Crippen LogP contribution in [0.1, 0.15) is 37.7 Å². The maximum absolute atomic E-state index is 13.0. The zero-order valence-corrected chi connectivity index (χ0v) is 20.2. The number of likely N-dealkylation sites (tertiary alicyclic amines) is 1. The van der Waals surface area contributed by atoms with Crippen molar-refractivity contribution in [3.05, 3.63) is 29.8 Å². The molecule has 0 N–H and O–H groups in total. The zero-order valence-electron chi connectivity index (χ0n) is 20.2. The highest BCUT2D eigenvalue weighted by Crippen LogP contribution is 2.38. The first-order valence-electron chi connectivity index (χ1n) is 12.6. The molecule has 2 fully saturated rings. The van der Waals surface area contributed by atoms with Crippen LogP contribution in [0.3, 0.4) is 0 Å². The highest BCUT2D eigenvalue weighted by Gasteiger charge is 2.36. The van der Waals surface area contributed by atoms with E-state index in [0.29, 0.717) is 17.9 Å². The van der Waals surface area contributed by atoms with E-state index in [1.807, 2.05) is 0 Å². The second-order valence-electron chi connectivity index (χ2n) is 10.4. The molecule has 6 nitrogen and oxygen atoms in total. The number of nitrogens with zero attached hydrogens (tertiary/aromatic N) is 4. The topological polar surface area (TPSA) is 39.3 Å². The highest BCUT2D eigenvalue weighted by molar-refractivity contribution is 5.78. The van der Waals surface area contributed by atoms with Gasteiger partial charge in [0.2, 0.25) is 5.91 Å². The van der Waals surface area contributed by atoms with Gasteiger partial charge in [-0.3, -0.25) is 9.69 Å². The molecule has 0 atom stereocenters. The number of rotatable bonds is 2. The molecular formula is C26H42N4O2. The Bertz CT molecular complexity index is 739. The number of fused-ring (bicyclic) bond motifs is 1. The predicted octanol–water partition coefficient (Wildman–Crippen LogP) is 2.58. The van der Waals surface area contributed by atoms with Gasteiger partial charge in [-0.25, -0.2) is 0 Å². The quantitative estimate of drug-likeness (QED) is 0.704. The molecule has 0 aromatic heterocycles. The first kappa shape index (κ1) is 23.5. The largest absolute Gasteiger partial charge is 0.492 e. The molecule has 2 saturated heterocycles. The Kier molecular flexibility index (Phi) is 8.08. The van der Waals surface area contributed by atoms with E-state index in [9.17, 15) is 4.79 Å². The minimum absolute atomic E-state index is 0.330. The molecule has 0 aliphatic carbocycles. The maximum atomic E-state index is 13.0. The lowest BCUT2D eigenvalue weighted by Crippen LogP contribution is -2.52. The molecule has 1 aromatic carbocycles. The van der Waals surface area contributed by atoms with Gasteiger partial charge in [-0.15, -0.1) is 0 Å². The number of ether oxygens (including phenoxy) is 1. The fraction of sp³-hybridized carbons (Fsp3) is 0.731. The van der Waals surface area contributed by atoms with Crippen molar-refractivity contribution in [1.29, 1.82) is 0 Å². The van der Waals surface area contributed by atoms with Crippen LogP contribution >= 0.6 is 0 Å². The van der Waals surface area contributed by atoms with Crippen molar-refractivity contribution in [3.8, 4) is 5.75 Å². The number of aryl methyl sites for hydroxylation is 1. The van der Waals surface area contributed by atoms with Gasteiger partial charge in [0.15, 0.2) is 0 Å². The number of piperazine rings is 1. The summed E-state index contributed by atoms with van der Waals surface area (Å²) in [7, 11) is 4.39. The van der Waals surface area contributed by atoms with Crippen LogP contribution in [-0.2, 0) is 11.2 Å². The van der Waals surface area contributed by atoms with Gasteiger partial charge in [0.05, 0.1) is 6.54 Å². The van der Waals surface area contributed by atoms with E-state index < -0.39 is 0 Å². The van der Waals surface area contributed by atoms with E-state index in [1.165, 1.54) is 24.8 Å². The van der Waals surface area contributed by atoms with E-state index in [1.54, 1.807) is 0 Å². The molecule has 1 amide bonds. The summed E-state index contributed by atoms with van der Waals surface area (Å²) in [6.45, 7) is 9.37. The first-order chi connectivity index (χ1) is 15.5. The van der Waals surface area contributed by atoms with Crippen LogP contribution in [0.2, 0.25) is 0 Å². The lowest BCUT2D eigenvalue weighted by Gasteiger charge is -2.45. The number of piperidine rings is 1. The minimum atomic E-state index is 0.330. The maximum Gasteiger partial charge on any atom is 0.236 e. The lowest BCUT2D eigenvalue weighted by molar-refractivity contribution is -0.135. The molecule has 6 heteroatoms. The van der Waals surface area contributed by atoms with Crippen molar-refractivity contribution in [2.75, 3.05) is 79.6 Å². The van der Waals surface area contributed by atoms with Crippen LogP contribution in [0.5, 0.6) is 5.75 Å². The summed E-state index contributed by atoms with van der Waals surface area (Å²) in [6, 6.07) is 8.52. The Morgan fingerprint density at radius 1 is 0.906 bits per heavy atom. The van der Waals surface area contributed by atoms with Crippen LogP contribution in [-0.4, -0.2) is 105 Å². The van der Waals surface area contributed by atoms with Crippen LogP contribution < -0.4 is 4.74 Å². The fourth-order valence-electron chi connectivity index (χ4n) is 5.64. The molecule has 0 unspecified atom stereocenters. The number of carbonyl (C=O) groups excluding carboxylic acids is 1. The molecular weight excluding hydrogens is 400 g/mol. The molecule has 0 bridgehead atoms. The van der Waals surface area contributed by atoms with Crippen LogP contribution in [0.25, 0.3) is 0 Å². The molecule has 4 rings (SSSR count). The Balaban J connectivity index is 1.31. The van der Waals surface area contributed by atoms with E-state index in [0.717, 1.165) is 84.0 Å². The van der Waals surface area contributed by atoms with E-state index in [4.69, 9.17) is 4.74 Å². The van der Waals surface area contributed by atoms with Crippen molar-refractivity contribution in [1.82, 2.24) is 19.6 Å². The van der Waals surface area contributed by atoms with Gasteiger partial charge in [-0.05, 0) is 63.2 Å². The third kappa shape index (κ3) is 6.24. The molecule has 3 aliphatic heterocycles. The molecule has 1 aromatic rings. The summed E-state index contributed by atoms with van der Waals surface area (Å²) in [4.78, 5) is 22.2. The average Bonchev–Trinajstić information content (AvgIpc) is 2.79. The van der Waals surface area contributed by atoms with Gasteiger partial charge in [0.1, 0.15) is 12.4 Å². The average molecular weight is 443 g/mol. The van der Waals surface area contributed by atoms with Gasteiger partial charge in [0, 0.05) is 52.4 Å². The third-order valence-corrected chi connectivity index (χ3v) is 7.84. The standard InChI is InChI=1S/C26H42N4O2/c1-27-15-17-29(18-16-27)21-25(31)30-13-11-26(12-14-30)10-6-5-8-23-7-3-4-9-24(23)32-20-19-28(2)22-26/h3-4,7,9H,5-6,8,10-22H2,1-2H3. The second-order valence-corrected chi connectivity index (χ2v) is 10.4.